The largest absolute Gasteiger partial charge is 0.481 e. The van der Waals surface area contributed by atoms with Gasteiger partial charge in [-0.05, 0) is 66.5 Å². The molecule has 1 N–H and O–H groups in total. The number of methoxy groups -OCH3 is 1. The number of nitriles is 1. The number of thiocarbonyl (C=S) groups is 1. The molecule has 7 nitrogen and oxygen atoms in total. The van der Waals surface area contributed by atoms with Gasteiger partial charge in [0.25, 0.3) is 0 Å². The van der Waals surface area contributed by atoms with Crippen LogP contribution < -0.4 is 15.0 Å². The van der Waals surface area contributed by atoms with Gasteiger partial charge in [0.05, 0.1) is 37.0 Å². The van der Waals surface area contributed by atoms with E-state index >= 15 is 0 Å². The molecule has 0 atom stereocenters. The van der Waals surface area contributed by atoms with Gasteiger partial charge in [0, 0.05) is 42.6 Å². The topological polar surface area (TPSA) is 79.0 Å². The standard InChI is InChI=1S/C28H27ClN6OS/c1-36-27-12-11-26(18-32-27)35(28(37)33-16-23-4-2-5-24(29)14-23)13-3-6-25-17-31-20-34(25)19-22-9-7-21(15-30)8-10-22/h2,4-5,7-12,14,17-18,20H,3,6,13,16,19H2,1H3,(H,33,37). The van der Waals surface area contributed by atoms with Crippen LogP contribution in [-0.2, 0) is 19.5 Å². The SMILES string of the molecule is COc1ccc(N(CCCc2cncn2Cc2ccc(C#N)cc2)C(=S)NCc2cccc(Cl)c2)cn1. The number of nitrogens with zero attached hydrogens (tertiary/aromatic N) is 5. The minimum Gasteiger partial charge on any atom is -0.481 e. The van der Waals surface area contributed by atoms with E-state index in [4.69, 9.17) is 33.8 Å². The first-order chi connectivity index (χ1) is 18.1. The van der Waals surface area contributed by atoms with E-state index in [0.717, 1.165) is 35.3 Å². The average Bonchev–Trinajstić information content (AvgIpc) is 3.37. The maximum atomic E-state index is 9.02. The third-order valence-corrected chi connectivity index (χ3v) is 6.47. The molecule has 0 aliphatic rings. The van der Waals surface area contributed by atoms with Crippen LogP contribution in [0.4, 0.5) is 5.69 Å². The molecular formula is C28H27ClN6OS. The Kier molecular flexibility index (Phi) is 9.08. The molecule has 0 spiro atoms. The van der Waals surface area contributed by atoms with Crippen molar-refractivity contribution in [1.29, 1.82) is 5.26 Å². The molecule has 2 heterocycles. The monoisotopic (exact) mass is 530 g/mol. The van der Waals surface area contributed by atoms with E-state index in [-0.39, 0.29) is 0 Å². The molecule has 9 heteroatoms. The molecule has 0 radical (unpaired) electrons. The maximum Gasteiger partial charge on any atom is 0.213 e. The van der Waals surface area contributed by atoms with Crippen molar-refractivity contribution in [1.82, 2.24) is 19.9 Å². The number of nitrogens with one attached hydrogen (secondary N) is 1. The first-order valence-electron chi connectivity index (χ1n) is 11.8. The number of ether oxygens (including phenoxy) is 1. The summed E-state index contributed by atoms with van der Waals surface area (Å²) in [6.07, 6.45) is 7.19. The molecule has 2 aromatic carbocycles. The fourth-order valence-electron chi connectivity index (χ4n) is 3.92. The molecule has 0 amide bonds. The van der Waals surface area contributed by atoms with Gasteiger partial charge >= 0.3 is 0 Å². The van der Waals surface area contributed by atoms with E-state index in [1.807, 2.05) is 78.1 Å². The molecular weight excluding hydrogens is 504 g/mol. The van der Waals surface area contributed by atoms with Crippen molar-refractivity contribution in [2.75, 3.05) is 18.6 Å². The maximum absolute atomic E-state index is 9.02. The van der Waals surface area contributed by atoms with Crippen LogP contribution in [0.15, 0.2) is 79.4 Å². The number of hydrogen-bond acceptors (Lipinski definition) is 5. The van der Waals surface area contributed by atoms with Gasteiger partial charge in [0.1, 0.15) is 0 Å². The van der Waals surface area contributed by atoms with E-state index in [0.29, 0.717) is 41.2 Å². The number of anilines is 1. The van der Waals surface area contributed by atoms with Crippen molar-refractivity contribution in [3.8, 4) is 11.9 Å². The van der Waals surface area contributed by atoms with Crippen LogP contribution in [0.3, 0.4) is 0 Å². The second-order valence-corrected chi connectivity index (χ2v) is 9.25. The first kappa shape index (κ1) is 26.1. The molecule has 0 bridgehead atoms. The summed E-state index contributed by atoms with van der Waals surface area (Å²) in [7, 11) is 1.60. The van der Waals surface area contributed by atoms with Gasteiger partial charge in [-0.25, -0.2) is 9.97 Å². The number of pyridine rings is 1. The van der Waals surface area contributed by atoms with Crippen molar-refractivity contribution in [2.24, 2.45) is 0 Å². The number of imidazole rings is 1. The van der Waals surface area contributed by atoms with E-state index in [2.05, 4.69) is 25.9 Å². The zero-order chi connectivity index (χ0) is 26.0. The highest BCUT2D eigenvalue weighted by molar-refractivity contribution is 7.80. The average molecular weight is 531 g/mol. The predicted octanol–water partition coefficient (Wildman–Crippen LogP) is 5.37. The Balaban J connectivity index is 1.41. The fraction of sp³-hybridized carbons (Fsp3) is 0.214. The molecule has 0 saturated heterocycles. The lowest BCUT2D eigenvalue weighted by Crippen LogP contribution is -2.40. The van der Waals surface area contributed by atoms with E-state index in [1.165, 1.54) is 0 Å². The van der Waals surface area contributed by atoms with Crippen LogP contribution in [0.5, 0.6) is 5.88 Å². The Labute approximate surface area is 227 Å². The minimum absolute atomic E-state index is 0.549. The smallest absolute Gasteiger partial charge is 0.213 e. The Morgan fingerprint density at radius 2 is 1.97 bits per heavy atom. The van der Waals surface area contributed by atoms with Crippen molar-refractivity contribution >= 4 is 34.6 Å². The Morgan fingerprint density at radius 1 is 1.14 bits per heavy atom. The summed E-state index contributed by atoms with van der Waals surface area (Å²) in [5, 5.41) is 13.7. The van der Waals surface area contributed by atoms with E-state index < -0.39 is 0 Å². The lowest BCUT2D eigenvalue weighted by Gasteiger charge is -2.26. The molecule has 0 fully saturated rings. The summed E-state index contributed by atoms with van der Waals surface area (Å²) in [4.78, 5) is 10.8. The lowest BCUT2D eigenvalue weighted by atomic mass is 10.1. The van der Waals surface area contributed by atoms with Crippen LogP contribution >= 0.6 is 23.8 Å². The number of aromatic nitrogens is 3. The third-order valence-electron chi connectivity index (χ3n) is 5.87. The van der Waals surface area contributed by atoms with E-state index in [1.54, 1.807) is 13.3 Å². The van der Waals surface area contributed by atoms with Crippen LogP contribution in [0.25, 0.3) is 0 Å². The van der Waals surface area contributed by atoms with Crippen LogP contribution in [0.2, 0.25) is 5.02 Å². The van der Waals surface area contributed by atoms with Gasteiger partial charge < -0.3 is 19.5 Å². The second kappa shape index (κ2) is 12.9. The van der Waals surface area contributed by atoms with E-state index in [9.17, 15) is 0 Å². The van der Waals surface area contributed by atoms with Crippen molar-refractivity contribution in [2.45, 2.75) is 25.9 Å². The fourth-order valence-corrected chi connectivity index (χ4v) is 4.40. The van der Waals surface area contributed by atoms with Gasteiger partial charge in [-0.2, -0.15) is 5.26 Å². The highest BCUT2D eigenvalue weighted by Gasteiger charge is 2.14. The van der Waals surface area contributed by atoms with Gasteiger partial charge in [-0.3, -0.25) is 0 Å². The Hall–Kier alpha value is -3.93. The van der Waals surface area contributed by atoms with Gasteiger partial charge in [-0.15, -0.1) is 0 Å². The van der Waals surface area contributed by atoms with Gasteiger partial charge in [0.15, 0.2) is 5.11 Å². The summed E-state index contributed by atoms with van der Waals surface area (Å²) in [5.41, 5.74) is 4.85. The summed E-state index contributed by atoms with van der Waals surface area (Å²) >= 11 is 11.9. The zero-order valence-electron chi connectivity index (χ0n) is 20.5. The number of halogens is 1. The molecule has 4 aromatic rings. The van der Waals surface area contributed by atoms with Crippen molar-refractivity contribution in [3.63, 3.8) is 0 Å². The molecule has 188 valence electrons. The second-order valence-electron chi connectivity index (χ2n) is 8.42. The highest BCUT2D eigenvalue weighted by atomic mass is 35.5. The molecule has 37 heavy (non-hydrogen) atoms. The van der Waals surface area contributed by atoms with Crippen LogP contribution in [0, 0.1) is 11.3 Å². The van der Waals surface area contributed by atoms with Gasteiger partial charge in [0.2, 0.25) is 5.88 Å². The van der Waals surface area contributed by atoms with Crippen LogP contribution in [0.1, 0.15) is 28.8 Å². The van der Waals surface area contributed by atoms with Crippen LogP contribution in [-0.4, -0.2) is 33.3 Å². The summed E-state index contributed by atoms with van der Waals surface area (Å²) < 4.78 is 7.35. The van der Waals surface area contributed by atoms with Crippen molar-refractivity contribution in [3.05, 3.63) is 107 Å². The number of benzene rings is 2. The molecule has 0 aliphatic heterocycles. The zero-order valence-corrected chi connectivity index (χ0v) is 22.0. The first-order valence-corrected chi connectivity index (χ1v) is 12.6. The highest BCUT2D eigenvalue weighted by Crippen LogP contribution is 2.19. The lowest BCUT2D eigenvalue weighted by molar-refractivity contribution is 0.398. The quantitative estimate of drug-likeness (QED) is 0.276. The number of rotatable bonds is 10. The Bertz CT molecular complexity index is 1360. The molecule has 0 unspecified atom stereocenters. The Morgan fingerprint density at radius 3 is 2.68 bits per heavy atom. The third kappa shape index (κ3) is 7.29. The summed E-state index contributed by atoms with van der Waals surface area (Å²) in [5.74, 6) is 0.549. The minimum atomic E-state index is 0.549. The van der Waals surface area contributed by atoms with Gasteiger partial charge in [-0.1, -0.05) is 35.9 Å². The molecule has 0 saturated carbocycles. The molecule has 0 aliphatic carbocycles. The normalized spacial score (nSPS) is 10.5. The van der Waals surface area contributed by atoms with Crippen molar-refractivity contribution < 1.29 is 4.74 Å². The molecule has 4 rings (SSSR count). The number of hydrogen-bond donors (Lipinski definition) is 1. The number of aryl methyl sites for hydroxylation is 1. The summed E-state index contributed by atoms with van der Waals surface area (Å²) in [6, 6.07) is 21.3. The molecule has 2 aromatic heterocycles. The predicted molar refractivity (Wildman–Crippen MR) is 150 cm³/mol. The summed E-state index contributed by atoms with van der Waals surface area (Å²) in [6.45, 7) is 1.96.